The van der Waals surface area contributed by atoms with Gasteiger partial charge in [0, 0.05) is 0 Å². The summed E-state index contributed by atoms with van der Waals surface area (Å²) in [7, 11) is 0. The first-order chi connectivity index (χ1) is 21.7. The van der Waals surface area contributed by atoms with E-state index in [1.165, 1.54) is 88.7 Å². The van der Waals surface area contributed by atoms with Crippen LogP contribution in [0.25, 0.3) is 55.3 Å². The zero-order chi connectivity index (χ0) is 33.0. The molecule has 0 unspecified atom stereocenters. The van der Waals surface area contributed by atoms with Crippen LogP contribution in [0.2, 0.25) is 0 Å². The van der Waals surface area contributed by atoms with Crippen LogP contribution in [0, 0.1) is 27.7 Å². The summed E-state index contributed by atoms with van der Waals surface area (Å²) >= 11 is 0. The SMILES string of the molecule is Cc1cc(C)cc(-c2cc(-c3ccc(C(C)(C)C)cc3)cc3c(-c4cc(C)cc(C)c4)cc(-c4ccc(C(C)(C)C)cc4)cc23)c1. The van der Waals surface area contributed by atoms with Crippen molar-refractivity contribution >= 4 is 10.8 Å². The highest BCUT2D eigenvalue weighted by Gasteiger charge is 2.18. The Morgan fingerprint density at radius 1 is 0.304 bits per heavy atom. The van der Waals surface area contributed by atoms with Crippen LogP contribution in [0.3, 0.4) is 0 Å². The molecule has 6 aromatic rings. The molecule has 0 aromatic heterocycles. The lowest BCUT2D eigenvalue weighted by Crippen LogP contribution is -2.10. The third-order valence-electron chi connectivity index (χ3n) is 9.30. The van der Waals surface area contributed by atoms with Crippen molar-refractivity contribution in [1.29, 1.82) is 0 Å². The van der Waals surface area contributed by atoms with Gasteiger partial charge in [0.2, 0.25) is 0 Å². The summed E-state index contributed by atoms with van der Waals surface area (Å²) in [5, 5.41) is 2.57. The third kappa shape index (κ3) is 6.45. The molecule has 0 bridgehead atoms. The second-order valence-electron chi connectivity index (χ2n) is 15.6. The topological polar surface area (TPSA) is 0 Å². The molecule has 0 aliphatic rings. The number of hydrogen-bond acceptors (Lipinski definition) is 0. The van der Waals surface area contributed by atoms with Crippen LogP contribution in [-0.4, -0.2) is 0 Å². The summed E-state index contributed by atoms with van der Waals surface area (Å²) in [6.07, 6.45) is 0. The lowest BCUT2D eigenvalue weighted by Gasteiger charge is -2.21. The first-order valence-electron chi connectivity index (χ1n) is 16.7. The minimum Gasteiger partial charge on any atom is -0.0579 e. The highest BCUT2D eigenvalue weighted by atomic mass is 14.2. The summed E-state index contributed by atoms with van der Waals surface area (Å²) in [4.78, 5) is 0. The molecule has 0 nitrogen and oxygen atoms in total. The van der Waals surface area contributed by atoms with Crippen LogP contribution in [-0.2, 0) is 10.8 Å². The molecule has 0 aliphatic heterocycles. The van der Waals surface area contributed by atoms with E-state index in [4.69, 9.17) is 0 Å². The molecule has 6 rings (SSSR count). The van der Waals surface area contributed by atoms with Crippen LogP contribution >= 0.6 is 0 Å². The summed E-state index contributed by atoms with van der Waals surface area (Å²) in [5.41, 5.74) is 18.1. The largest absolute Gasteiger partial charge is 0.0579 e. The van der Waals surface area contributed by atoms with Gasteiger partial charge in [-0.2, -0.15) is 0 Å². The molecule has 0 aliphatic carbocycles. The van der Waals surface area contributed by atoms with Gasteiger partial charge in [0.15, 0.2) is 0 Å². The average molecular weight is 601 g/mol. The Hall–Kier alpha value is -4.42. The monoisotopic (exact) mass is 600 g/mol. The number of fused-ring (bicyclic) bond motifs is 1. The minimum absolute atomic E-state index is 0.115. The second-order valence-corrected chi connectivity index (χ2v) is 15.6. The van der Waals surface area contributed by atoms with Crippen molar-refractivity contribution in [1.82, 2.24) is 0 Å². The van der Waals surface area contributed by atoms with Gasteiger partial charge >= 0.3 is 0 Å². The van der Waals surface area contributed by atoms with E-state index in [0.717, 1.165) is 0 Å². The van der Waals surface area contributed by atoms with Crippen molar-refractivity contribution in [2.45, 2.75) is 80.1 Å². The van der Waals surface area contributed by atoms with E-state index >= 15 is 0 Å². The zero-order valence-corrected chi connectivity index (χ0v) is 29.4. The van der Waals surface area contributed by atoms with E-state index in [1.807, 2.05) is 0 Å². The smallest absolute Gasteiger partial charge is 0.00926 e. The molecule has 232 valence electrons. The van der Waals surface area contributed by atoms with Crippen LogP contribution in [0.4, 0.5) is 0 Å². The number of hydrogen-bond donors (Lipinski definition) is 0. The van der Waals surface area contributed by atoms with Gasteiger partial charge in [-0.15, -0.1) is 0 Å². The molecule has 0 amide bonds. The van der Waals surface area contributed by atoms with E-state index in [9.17, 15) is 0 Å². The lowest BCUT2D eigenvalue weighted by atomic mass is 9.83. The Kier molecular flexibility index (Phi) is 8.06. The Morgan fingerprint density at radius 2 is 0.609 bits per heavy atom. The van der Waals surface area contributed by atoms with Crippen molar-refractivity contribution in [3.8, 4) is 44.5 Å². The molecule has 0 spiro atoms. The fourth-order valence-electron chi connectivity index (χ4n) is 6.86. The summed E-state index contributed by atoms with van der Waals surface area (Å²) in [6, 6.07) is 42.0. The zero-order valence-electron chi connectivity index (χ0n) is 29.4. The van der Waals surface area contributed by atoms with E-state index in [2.05, 4.69) is 178 Å². The van der Waals surface area contributed by atoms with Crippen LogP contribution in [0.5, 0.6) is 0 Å². The van der Waals surface area contributed by atoms with E-state index in [0.29, 0.717) is 0 Å². The highest BCUT2D eigenvalue weighted by molar-refractivity contribution is 6.09. The summed E-state index contributed by atoms with van der Waals surface area (Å²) in [6.45, 7) is 22.5. The normalized spacial score (nSPS) is 12.1. The maximum Gasteiger partial charge on any atom is -0.00926 e. The fourth-order valence-corrected chi connectivity index (χ4v) is 6.86. The number of aryl methyl sites for hydroxylation is 4. The Bertz CT molecular complexity index is 1860. The Morgan fingerprint density at radius 3 is 0.891 bits per heavy atom. The molecular weight excluding hydrogens is 553 g/mol. The first-order valence-corrected chi connectivity index (χ1v) is 16.7. The standard InChI is InChI=1S/C46H48/c1-29-19-30(2)22-37(21-29)41-25-35(33-11-15-39(16-12-33)45(5,6)7)28-44-42(38-23-31(3)20-32(4)24-38)26-36(27-43(41)44)34-13-17-40(18-14-34)46(8,9)10/h11-28H,1-10H3. The molecule has 46 heavy (non-hydrogen) atoms. The van der Waals surface area contributed by atoms with E-state index < -0.39 is 0 Å². The van der Waals surface area contributed by atoms with Crippen LogP contribution in [0.1, 0.15) is 74.9 Å². The van der Waals surface area contributed by atoms with E-state index in [1.54, 1.807) is 0 Å². The van der Waals surface area contributed by atoms with Crippen LogP contribution < -0.4 is 0 Å². The van der Waals surface area contributed by atoms with Gasteiger partial charge < -0.3 is 0 Å². The maximum absolute atomic E-state index is 2.42. The van der Waals surface area contributed by atoms with Gasteiger partial charge in [-0.3, -0.25) is 0 Å². The molecule has 0 saturated carbocycles. The predicted molar refractivity (Wildman–Crippen MR) is 202 cm³/mol. The summed E-state index contributed by atoms with van der Waals surface area (Å²) in [5.74, 6) is 0. The quantitative estimate of drug-likeness (QED) is 0.189. The van der Waals surface area contributed by atoms with Gasteiger partial charge in [0.1, 0.15) is 0 Å². The van der Waals surface area contributed by atoms with Crippen molar-refractivity contribution in [3.63, 3.8) is 0 Å². The van der Waals surface area contributed by atoms with Gasteiger partial charge in [-0.05, 0) is 129 Å². The molecule has 0 heterocycles. The van der Waals surface area contributed by atoms with Crippen molar-refractivity contribution in [3.05, 3.63) is 143 Å². The molecular formula is C46H48. The van der Waals surface area contributed by atoms with Crippen molar-refractivity contribution in [2.75, 3.05) is 0 Å². The Balaban J connectivity index is 1.69. The maximum atomic E-state index is 2.42. The third-order valence-corrected chi connectivity index (χ3v) is 9.30. The fraction of sp³-hybridized carbons (Fsp3) is 0.261. The molecule has 0 radical (unpaired) electrons. The number of benzene rings is 6. The minimum atomic E-state index is 0.115. The van der Waals surface area contributed by atoms with Crippen molar-refractivity contribution < 1.29 is 0 Å². The molecule has 0 heteroatoms. The first kappa shape index (κ1) is 31.6. The van der Waals surface area contributed by atoms with Gasteiger partial charge in [-0.1, -0.05) is 149 Å². The predicted octanol–water partition coefficient (Wildman–Crippen LogP) is 13.3. The lowest BCUT2D eigenvalue weighted by molar-refractivity contribution is 0.590. The van der Waals surface area contributed by atoms with Gasteiger partial charge in [0.25, 0.3) is 0 Å². The summed E-state index contributed by atoms with van der Waals surface area (Å²) < 4.78 is 0. The van der Waals surface area contributed by atoms with Crippen molar-refractivity contribution in [2.24, 2.45) is 0 Å². The molecule has 0 atom stereocenters. The van der Waals surface area contributed by atoms with Gasteiger partial charge in [0.05, 0.1) is 0 Å². The molecule has 0 saturated heterocycles. The second kappa shape index (κ2) is 11.7. The van der Waals surface area contributed by atoms with Gasteiger partial charge in [-0.25, -0.2) is 0 Å². The Labute approximate surface area is 277 Å². The highest BCUT2D eigenvalue weighted by Crippen LogP contribution is 2.43. The van der Waals surface area contributed by atoms with Crippen LogP contribution in [0.15, 0.2) is 109 Å². The average Bonchev–Trinajstić information content (AvgIpc) is 2.98. The molecule has 0 fully saturated rings. The van der Waals surface area contributed by atoms with E-state index in [-0.39, 0.29) is 10.8 Å². The molecule has 6 aromatic carbocycles. The number of rotatable bonds is 4. The molecule has 0 N–H and O–H groups in total.